The first-order valence-electron chi connectivity index (χ1n) is 3.91. The fourth-order valence-electron chi connectivity index (χ4n) is 1.03. The molecule has 0 aromatic carbocycles. The number of hydrogen-bond acceptors (Lipinski definition) is 2. The number of hydrogen-bond donors (Lipinski definition) is 0. The molecule has 0 saturated heterocycles. The van der Waals surface area contributed by atoms with E-state index in [1.807, 2.05) is 36.4 Å². The van der Waals surface area contributed by atoms with Crippen LogP contribution in [-0.4, -0.2) is 9.97 Å². The van der Waals surface area contributed by atoms with Gasteiger partial charge in [-0.1, -0.05) is 12.1 Å². The molecule has 0 saturated carbocycles. The van der Waals surface area contributed by atoms with Crippen molar-refractivity contribution in [2.75, 3.05) is 0 Å². The van der Waals surface area contributed by atoms with E-state index in [0.29, 0.717) is 0 Å². The van der Waals surface area contributed by atoms with E-state index >= 15 is 0 Å². The van der Waals surface area contributed by atoms with E-state index in [1.54, 1.807) is 31.2 Å². The molecule has 2 rings (SSSR count). The first-order valence-corrected chi connectivity index (χ1v) is 6.73. The normalized spacial score (nSPS) is 8.20. The van der Waals surface area contributed by atoms with Crippen LogP contribution in [0.15, 0.2) is 48.8 Å². The molecule has 0 atom stereocenters. The molecule has 2 aromatic heterocycles. The van der Waals surface area contributed by atoms with Crippen molar-refractivity contribution >= 4 is 9.42 Å². The second-order valence-corrected chi connectivity index (χ2v) is 2.43. The molecule has 0 N–H and O–H groups in total. The SMILES string of the molecule is [CH3-].[Cl][Pt+].c1ccc(-c2ccccn2)nc1. The molecule has 0 spiro atoms. The standard InChI is InChI=1S/C10H8N2.CH3.ClH.Pt/c1-3-7-11-9(5-1)10-6-2-4-8-12-10;;;/h1-8H;1H3;1H;/q;-1;;+2/p-1. The summed E-state index contributed by atoms with van der Waals surface area (Å²) >= 11 is 1.61. The van der Waals surface area contributed by atoms with Crippen LogP contribution in [0.4, 0.5) is 0 Å². The molecule has 0 amide bonds. The Kier molecular flexibility index (Phi) is 8.16. The predicted molar refractivity (Wildman–Crippen MR) is 59.7 cm³/mol. The zero-order chi connectivity index (χ0) is 10.2. The van der Waals surface area contributed by atoms with Crippen molar-refractivity contribution in [2.24, 2.45) is 0 Å². The van der Waals surface area contributed by atoms with Crippen molar-refractivity contribution in [3.63, 3.8) is 0 Å². The Morgan fingerprint density at radius 1 is 0.800 bits per heavy atom. The molecular formula is C11H11ClN2Pt. The van der Waals surface area contributed by atoms with Gasteiger partial charge in [-0.15, -0.1) is 0 Å². The van der Waals surface area contributed by atoms with Gasteiger partial charge < -0.3 is 7.43 Å². The van der Waals surface area contributed by atoms with Crippen molar-refractivity contribution < 1.29 is 18.8 Å². The Labute approximate surface area is 106 Å². The minimum atomic E-state index is 0. The summed E-state index contributed by atoms with van der Waals surface area (Å²) in [4.78, 5) is 8.37. The van der Waals surface area contributed by atoms with Crippen LogP contribution < -0.4 is 0 Å². The third-order valence-corrected chi connectivity index (χ3v) is 1.59. The molecule has 2 aromatic rings. The Hall–Kier alpha value is -0.722. The molecule has 4 heteroatoms. The third-order valence-electron chi connectivity index (χ3n) is 1.59. The van der Waals surface area contributed by atoms with Crippen LogP contribution in [0.3, 0.4) is 0 Å². The van der Waals surface area contributed by atoms with Crippen LogP contribution in [0.5, 0.6) is 0 Å². The van der Waals surface area contributed by atoms with Crippen molar-refractivity contribution in [2.45, 2.75) is 0 Å². The van der Waals surface area contributed by atoms with Crippen LogP contribution in [-0.2, 0) is 18.8 Å². The molecule has 0 aliphatic rings. The van der Waals surface area contributed by atoms with E-state index in [0.717, 1.165) is 11.4 Å². The fourth-order valence-corrected chi connectivity index (χ4v) is 1.03. The maximum atomic E-state index is 4.61. The predicted octanol–water partition coefficient (Wildman–Crippen LogP) is 3.28. The zero-order valence-electron chi connectivity index (χ0n) is 8.21. The van der Waals surface area contributed by atoms with Gasteiger partial charge in [0.25, 0.3) is 0 Å². The molecule has 0 fully saturated rings. The summed E-state index contributed by atoms with van der Waals surface area (Å²) in [5.74, 6) is 0. The summed E-state index contributed by atoms with van der Waals surface area (Å²) < 4.78 is 0. The van der Waals surface area contributed by atoms with Gasteiger partial charge in [-0.05, 0) is 24.3 Å². The molecule has 0 aliphatic heterocycles. The van der Waals surface area contributed by atoms with Crippen LogP contribution in [0.2, 0.25) is 0 Å². The van der Waals surface area contributed by atoms with E-state index in [-0.39, 0.29) is 7.43 Å². The number of aromatic nitrogens is 2. The van der Waals surface area contributed by atoms with E-state index in [9.17, 15) is 0 Å². The average Bonchev–Trinajstić information content (AvgIpc) is 2.34. The van der Waals surface area contributed by atoms with Gasteiger partial charge in [-0.25, -0.2) is 0 Å². The smallest absolute Gasteiger partial charge is 0.0886 e. The minimum absolute atomic E-state index is 0. The summed E-state index contributed by atoms with van der Waals surface area (Å²) in [5, 5.41) is 0. The summed E-state index contributed by atoms with van der Waals surface area (Å²) in [7, 11) is 4.61. The Morgan fingerprint density at radius 3 is 1.47 bits per heavy atom. The Morgan fingerprint density at radius 2 is 1.20 bits per heavy atom. The zero-order valence-corrected chi connectivity index (χ0v) is 11.2. The summed E-state index contributed by atoms with van der Waals surface area (Å²) in [6.07, 6.45) is 3.54. The number of pyridine rings is 2. The van der Waals surface area contributed by atoms with Crippen molar-refractivity contribution in [1.82, 2.24) is 9.97 Å². The molecule has 0 aliphatic carbocycles. The second kappa shape index (κ2) is 8.58. The second-order valence-electron chi connectivity index (χ2n) is 2.43. The van der Waals surface area contributed by atoms with Crippen molar-refractivity contribution in [1.29, 1.82) is 0 Å². The number of halogens is 1. The molecule has 0 radical (unpaired) electrons. The van der Waals surface area contributed by atoms with Gasteiger partial charge in [0.15, 0.2) is 0 Å². The average molecular weight is 402 g/mol. The van der Waals surface area contributed by atoms with Gasteiger partial charge in [0.1, 0.15) is 0 Å². The Bertz CT molecular complexity index is 316. The monoisotopic (exact) mass is 401 g/mol. The van der Waals surface area contributed by atoms with Gasteiger partial charge in [0, 0.05) is 12.4 Å². The van der Waals surface area contributed by atoms with Gasteiger partial charge in [0.2, 0.25) is 0 Å². The molecule has 0 unspecified atom stereocenters. The maximum Gasteiger partial charge on any atom is 0.0886 e. The minimum Gasteiger partial charge on any atom is -0.255 e. The quantitative estimate of drug-likeness (QED) is 0.685. The first-order chi connectivity index (χ1) is 6.97. The van der Waals surface area contributed by atoms with Crippen LogP contribution in [0, 0.1) is 7.43 Å². The number of rotatable bonds is 1. The summed E-state index contributed by atoms with van der Waals surface area (Å²) in [6.45, 7) is 0. The molecule has 2 nitrogen and oxygen atoms in total. The molecular weight excluding hydrogens is 391 g/mol. The molecule has 0 bridgehead atoms. The first kappa shape index (κ1) is 14.3. The largest absolute Gasteiger partial charge is 0.255 e. The maximum absolute atomic E-state index is 4.61. The molecule has 15 heavy (non-hydrogen) atoms. The van der Waals surface area contributed by atoms with Crippen molar-refractivity contribution in [3.05, 3.63) is 56.2 Å². The van der Waals surface area contributed by atoms with E-state index in [1.165, 1.54) is 0 Å². The van der Waals surface area contributed by atoms with Gasteiger partial charge in [-0.2, -0.15) is 0 Å². The Balaban J connectivity index is 0.000000617. The fraction of sp³-hybridized carbons (Fsp3) is 0. The molecule has 2 heterocycles. The van der Waals surface area contributed by atoms with Gasteiger partial charge >= 0.3 is 28.2 Å². The van der Waals surface area contributed by atoms with E-state index in [4.69, 9.17) is 0 Å². The van der Waals surface area contributed by atoms with E-state index < -0.39 is 0 Å². The van der Waals surface area contributed by atoms with Crippen LogP contribution in [0.1, 0.15) is 0 Å². The summed E-state index contributed by atoms with van der Waals surface area (Å²) in [6, 6.07) is 11.6. The van der Waals surface area contributed by atoms with Crippen LogP contribution in [0.25, 0.3) is 11.4 Å². The number of nitrogens with zero attached hydrogens (tertiary/aromatic N) is 2. The van der Waals surface area contributed by atoms with Crippen molar-refractivity contribution in [3.8, 4) is 11.4 Å². The third kappa shape index (κ3) is 4.54. The van der Waals surface area contributed by atoms with Gasteiger partial charge in [0.05, 0.1) is 11.4 Å². The van der Waals surface area contributed by atoms with Gasteiger partial charge in [-0.3, -0.25) is 9.97 Å². The van der Waals surface area contributed by atoms with Crippen LogP contribution >= 0.6 is 9.42 Å². The summed E-state index contributed by atoms with van der Waals surface area (Å²) in [5.41, 5.74) is 1.83. The van der Waals surface area contributed by atoms with E-state index in [2.05, 4.69) is 19.4 Å². The topological polar surface area (TPSA) is 25.8 Å². The molecule has 82 valence electrons.